The summed E-state index contributed by atoms with van der Waals surface area (Å²) in [5, 5.41) is 11.6. The third-order valence-corrected chi connectivity index (χ3v) is 2.77. The molecule has 1 atom stereocenters. The number of amides is 1. The fraction of sp³-hybridized carbons (Fsp3) is 0.467. The van der Waals surface area contributed by atoms with E-state index in [9.17, 15) is 14.7 Å². The minimum Gasteiger partial charge on any atom is -0.479 e. The molecular formula is C15H21NO4. The van der Waals surface area contributed by atoms with Gasteiger partial charge in [-0.2, -0.15) is 0 Å². The lowest BCUT2D eigenvalue weighted by molar-refractivity contribution is -0.139. The van der Waals surface area contributed by atoms with Gasteiger partial charge < -0.3 is 15.2 Å². The van der Waals surface area contributed by atoms with Gasteiger partial charge in [-0.1, -0.05) is 18.2 Å². The highest BCUT2D eigenvalue weighted by Gasteiger charge is 2.25. The number of hydrogen-bond acceptors (Lipinski definition) is 3. The van der Waals surface area contributed by atoms with Crippen LogP contribution in [-0.4, -0.2) is 22.8 Å². The highest BCUT2D eigenvalue weighted by molar-refractivity contribution is 5.81. The third-order valence-electron chi connectivity index (χ3n) is 2.77. The Kier molecular flexibility index (Phi) is 4.76. The predicted molar refractivity (Wildman–Crippen MR) is 75.7 cm³/mol. The number of nitrogens with one attached hydrogen (secondary N) is 1. The molecule has 110 valence electrons. The Labute approximate surface area is 118 Å². The van der Waals surface area contributed by atoms with E-state index in [4.69, 9.17) is 4.74 Å². The monoisotopic (exact) mass is 279 g/mol. The smallest absolute Gasteiger partial charge is 0.408 e. The van der Waals surface area contributed by atoms with Crippen molar-refractivity contribution in [3.8, 4) is 0 Å². The van der Waals surface area contributed by atoms with Crippen molar-refractivity contribution in [1.82, 2.24) is 5.32 Å². The van der Waals surface area contributed by atoms with Crippen LogP contribution in [0.4, 0.5) is 4.79 Å². The van der Waals surface area contributed by atoms with Gasteiger partial charge in [0.05, 0.1) is 0 Å². The molecule has 0 saturated heterocycles. The van der Waals surface area contributed by atoms with Crippen LogP contribution in [0.15, 0.2) is 18.2 Å². The number of hydrogen-bond donors (Lipinski definition) is 2. The fourth-order valence-corrected chi connectivity index (χ4v) is 1.66. The molecule has 0 saturated carbocycles. The molecule has 0 radical (unpaired) electrons. The average molecular weight is 279 g/mol. The molecule has 2 N–H and O–H groups in total. The Morgan fingerprint density at radius 1 is 1.20 bits per heavy atom. The molecular weight excluding hydrogens is 258 g/mol. The lowest BCUT2D eigenvalue weighted by Crippen LogP contribution is -2.38. The van der Waals surface area contributed by atoms with Crippen LogP contribution in [-0.2, 0) is 9.53 Å². The topological polar surface area (TPSA) is 75.6 Å². The number of rotatable bonds is 3. The number of ether oxygens (including phenoxy) is 1. The summed E-state index contributed by atoms with van der Waals surface area (Å²) in [4.78, 5) is 23.0. The molecule has 5 nitrogen and oxygen atoms in total. The molecule has 0 heterocycles. The lowest BCUT2D eigenvalue weighted by atomic mass is 10.0. The number of carboxylic acids is 1. The summed E-state index contributed by atoms with van der Waals surface area (Å²) in [7, 11) is 0. The largest absolute Gasteiger partial charge is 0.479 e. The Hall–Kier alpha value is -2.04. The van der Waals surface area contributed by atoms with Crippen molar-refractivity contribution < 1.29 is 19.4 Å². The third kappa shape index (κ3) is 4.57. The molecule has 1 unspecified atom stereocenters. The van der Waals surface area contributed by atoms with E-state index in [0.717, 1.165) is 11.1 Å². The number of benzene rings is 1. The van der Waals surface area contributed by atoms with Crippen molar-refractivity contribution in [2.45, 2.75) is 46.3 Å². The van der Waals surface area contributed by atoms with E-state index in [1.54, 1.807) is 32.9 Å². The predicted octanol–water partition coefficient (Wildman–Crippen LogP) is 2.95. The van der Waals surface area contributed by atoms with E-state index in [0.29, 0.717) is 5.56 Å². The van der Waals surface area contributed by atoms with Gasteiger partial charge in [0.15, 0.2) is 6.04 Å². The average Bonchev–Trinajstić information content (AvgIpc) is 2.27. The number of carboxylic acid groups (broad SMARTS) is 1. The summed E-state index contributed by atoms with van der Waals surface area (Å²) in [6.45, 7) is 9.00. The summed E-state index contributed by atoms with van der Waals surface area (Å²) in [5.74, 6) is -1.13. The number of carbonyl (C=O) groups excluding carboxylic acids is 1. The summed E-state index contributed by atoms with van der Waals surface area (Å²) in [6.07, 6.45) is -0.747. The van der Waals surface area contributed by atoms with Gasteiger partial charge in [-0.25, -0.2) is 9.59 Å². The van der Waals surface area contributed by atoms with Crippen LogP contribution in [0.1, 0.15) is 43.5 Å². The molecule has 0 aliphatic heterocycles. The molecule has 5 heteroatoms. The zero-order valence-corrected chi connectivity index (χ0v) is 12.5. The van der Waals surface area contributed by atoms with E-state index in [1.807, 2.05) is 19.9 Å². The van der Waals surface area contributed by atoms with Crippen molar-refractivity contribution in [2.75, 3.05) is 0 Å². The minimum atomic E-state index is -1.13. The maximum atomic E-state index is 11.7. The standard InChI is InChI=1S/C15H21NO4/c1-9-6-7-11(8-10(9)2)12(13(17)18)16-14(19)20-15(3,4)5/h6-8,12H,1-5H3,(H,16,19)(H,17,18). The van der Waals surface area contributed by atoms with E-state index in [2.05, 4.69) is 5.32 Å². The molecule has 1 aromatic rings. The SMILES string of the molecule is Cc1ccc(C(NC(=O)OC(C)(C)C)C(=O)O)cc1C. The van der Waals surface area contributed by atoms with Crippen LogP contribution in [0.3, 0.4) is 0 Å². The normalized spacial score (nSPS) is 12.7. The van der Waals surface area contributed by atoms with E-state index >= 15 is 0 Å². The summed E-state index contributed by atoms with van der Waals surface area (Å²) >= 11 is 0. The van der Waals surface area contributed by atoms with Gasteiger partial charge >= 0.3 is 12.1 Å². The maximum Gasteiger partial charge on any atom is 0.408 e. The first-order chi connectivity index (χ1) is 9.10. The van der Waals surface area contributed by atoms with Crippen molar-refractivity contribution in [1.29, 1.82) is 0 Å². The molecule has 0 aliphatic rings. The van der Waals surface area contributed by atoms with Crippen molar-refractivity contribution in [3.05, 3.63) is 34.9 Å². The highest BCUT2D eigenvalue weighted by Crippen LogP contribution is 2.18. The highest BCUT2D eigenvalue weighted by atomic mass is 16.6. The van der Waals surface area contributed by atoms with E-state index < -0.39 is 23.7 Å². The molecule has 0 fully saturated rings. The van der Waals surface area contributed by atoms with Crippen LogP contribution in [0, 0.1) is 13.8 Å². The lowest BCUT2D eigenvalue weighted by Gasteiger charge is -2.22. The minimum absolute atomic E-state index is 0.520. The fourth-order valence-electron chi connectivity index (χ4n) is 1.66. The number of carbonyl (C=O) groups is 2. The van der Waals surface area contributed by atoms with Gasteiger partial charge in [0.1, 0.15) is 5.60 Å². The van der Waals surface area contributed by atoms with Crippen LogP contribution in [0.2, 0.25) is 0 Å². The van der Waals surface area contributed by atoms with E-state index in [1.165, 1.54) is 0 Å². The second-order valence-electron chi connectivity index (χ2n) is 5.76. The molecule has 0 bridgehead atoms. The molecule has 0 aromatic heterocycles. The molecule has 1 rings (SSSR count). The van der Waals surface area contributed by atoms with Gasteiger partial charge in [-0.05, 0) is 51.3 Å². The Morgan fingerprint density at radius 2 is 1.80 bits per heavy atom. The molecule has 0 spiro atoms. The molecule has 20 heavy (non-hydrogen) atoms. The Bertz CT molecular complexity index is 517. The van der Waals surface area contributed by atoms with Crippen molar-refractivity contribution in [3.63, 3.8) is 0 Å². The Balaban J connectivity index is 2.92. The zero-order valence-electron chi connectivity index (χ0n) is 12.5. The quantitative estimate of drug-likeness (QED) is 0.892. The number of alkyl carbamates (subject to hydrolysis) is 1. The second-order valence-corrected chi connectivity index (χ2v) is 5.76. The van der Waals surface area contributed by atoms with Gasteiger partial charge in [0.25, 0.3) is 0 Å². The molecule has 0 aliphatic carbocycles. The first kappa shape index (κ1) is 16.0. The first-order valence-corrected chi connectivity index (χ1v) is 6.39. The molecule has 1 amide bonds. The van der Waals surface area contributed by atoms with Crippen LogP contribution < -0.4 is 5.32 Å². The van der Waals surface area contributed by atoms with Crippen molar-refractivity contribution >= 4 is 12.1 Å². The van der Waals surface area contributed by atoms with Crippen LogP contribution in [0.25, 0.3) is 0 Å². The summed E-state index contributed by atoms with van der Waals surface area (Å²) in [6, 6.07) is 4.16. The van der Waals surface area contributed by atoms with Crippen LogP contribution >= 0.6 is 0 Å². The summed E-state index contributed by atoms with van der Waals surface area (Å²) in [5.41, 5.74) is 1.89. The summed E-state index contributed by atoms with van der Waals surface area (Å²) < 4.78 is 5.08. The zero-order chi connectivity index (χ0) is 15.5. The second kappa shape index (κ2) is 5.94. The van der Waals surface area contributed by atoms with Gasteiger partial charge in [0.2, 0.25) is 0 Å². The Morgan fingerprint density at radius 3 is 2.25 bits per heavy atom. The maximum absolute atomic E-state index is 11.7. The van der Waals surface area contributed by atoms with Crippen LogP contribution in [0.5, 0.6) is 0 Å². The van der Waals surface area contributed by atoms with Gasteiger partial charge in [0, 0.05) is 0 Å². The van der Waals surface area contributed by atoms with Gasteiger partial charge in [-0.15, -0.1) is 0 Å². The first-order valence-electron chi connectivity index (χ1n) is 6.39. The van der Waals surface area contributed by atoms with Gasteiger partial charge in [-0.3, -0.25) is 0 Å². The molecule has 1 aromatic carbocycles. The van der Waals surface area contributed by atoms with Crippen molar-refractivity contribution in [2.24, 2.45) is 0 Å². The number of aryl methyl sites for hydroxylation is 2. The number of aliphatic carboxylic acids is 1. The van der Waals surface area contributed by atoms with E-state index in [-0.39, 0.29) is 0 Å².